The smallest absolute Gasteiger partial charge is 0.310 e. The lowest BCUT2D eigenvalue weighted by Crippen LogP contribution is -2.40. The van der Waals surface area contributed by atoms with Crippen LogP contribution in [0.4, 0.5) is 0 Å². The minimum atomic E-state index is -0.0985. The fourth-order valence-corrected chi connectivity index (χ4v) is 3.23. The van der Waals surface area contributed by atoms with Crippen LogP contribution in [-0.4, -0.2) is 47.1 Å². The van der Waals surface area contributed by atoms with Crippen molar-refractivity contribution in [3.63, 3.8) is 0 Å². The Morgan fingerprint density at radius 2 is 2.25 bits per heavy atom. The first-order valence-corrected chi connectivity index (χ1v) is 8.54. The Kier molecular flexibility index (Phi) is 5.25. The van der Waals surface area contributed by atoms with E-state index in [2.05, 4.69) is 14.9 Å². The Morgan fingerprint density at radius 3 is 3.08 bits per heavy atom. The van der Waals surface area contributed by atoms with Crippen molar-refractivity contribution in [2.45, 2.75) is 26.2 Å². The highest BCUT2D eigenvalue weighted by Crippen LogP contribution is 2.18. The van der Waals surface area contributed by atoms with Crippen LogP contribution in [0.3, 0.4) is 0 Å². The van der Waals surface area contributed by atoms with Crippen LogP contribution in [0.2, 0.25) is 0 Å². The van der Waals surface area contributed by atoms with Crippen LogP contribution in [0, 0.1) is 5.92 Å². The third-order valence-electron chi connectivity index (χ3n) is 4.45. The number of piperidine rings is 1. The first-order valence-electron chi connectivity index (χ1n) is 8.54. The SMILES string of the molecule is CCOC(=O)[C@@H]1CCCN(CCc2nc3ccccc3c(=O)[nH]2)C1. The van der Waals surface area contributed by atoms with E-state index in [0.29, 0.717) is 24.2 Å². The van der Waals surface area contributed by atoms with Gasteiger partial charge in [0.15, 0.2) is 0 Å². The zero-order valence-corrected chi connectivity index (χ0v) is 14.0. The molecule has 0 bridgehead atoms. The average Bonchev–Trinajstić information content (AvgIpc) is 2.60. The maximum atomic E-state index is 12.1. The van der Waals surface area contributed by atoms with Crippen LogP contribution < -0.4 is 5.56 Å². The van der Waals surface area contributed by atoms with Crippen molar-refractivity contribution in [3.8, 4) is 0 Å². The predicted octanol–water partition coefficient (Wildman–Crippen LogP) is 1.74. The van der Waals surface area contributed by atoms with Crippen molar-refractivity contribution in [2.75, 3.05) is 26.2 Å². The van der Waals surface area contributed by atoms with Crippen LogP contribution in [0.1, 0.15) is 25.6 Å². The molecule has 1 aromatic heterocycles. The Labute approximate surface area is 140 Å². The average molecular weight is 329 g/mol. The molecule has 2 heterocycles. The number of hydrogen-bond donors (Lipinski definition) is 1. The normalized spacial score (nSPS) is 18.6. The van der Waals surface area contributed by atoms with E-state index in [1.807, 2.05) is 25.1 Å². The van der Waals surface area contributed by atoms with Crippen LogP contribution in [-0.2, 0) is 16.0 Å². The lowest BCUT2D eigenvalue weighted by molar-refractivity contribution is -0.149. The van der Waals surface area contributed by atoms with Crippen molar-refractivity contribution < 1.29 is 9.53 Å². The molecule has 1 fully saturated rings. The van der Waals surface area contributed by atoms with Gasteiger partial charge in [0.05, 0.1) is 23.4 Å². The summed E-state index contributed by atoms with van der Waals surface area (Å²) in [5.74, 6) is 0.554. The number of nitrogens with one attached hydrogen (secondary N) is 1. The molecule has 0 amide bonds. The number of para-hydroxylation sites is 1. The molecule has 1 aliphatic heterocycles. The quantitative estimate of drug-likeness (QED) is 0.846. The summed E-state index contributed by atoms with van der Waals surface area (Å²) < 4.78 is 5.13. The Hall–Kier alpha value is -2.21. The molecule has 128 valence electrons. The van der Waals surface area contributed by atoms with Gasteiger partial charge in [-0.05, 0) is 38.4 Å². The van der Waals surface area contributed by atoms with Crippen molar-refractivity contribution >= 4 is 16.9 Å². The maximum absolute atomic E-state index is 12.1. The highest BCUT2D eigenvalue weighted by Gasteiger charge is 2.26. The summed E-state index contributed by atoms with van der Waals surface area (Å²) >= 11 is 0. The summed E-state index contributed by atoms with van der Waals surface area (Å²) in [5.41, 5.74) is 0.623. The molecule has 6 nitrogen and oxygen atoms in total. The van der Waals surface area contributed by atoms with Crippen LogP contribution in [0.25, 0.3) is 10.9 Å². The van der Waals surface area contributed by atoms with Gasteiger partial charge in [0.1, 0.15) is 5.82 Å². The number of carbonyl (C=O) groups is 1. The second-order valence-corrected chi connectivity index (χ2v) is 6.17. The summed E-state index contributed by atoms with van der Waals surface area (Å²) in [5, 5.41) is 0.613. The molecule has 1 atom stereocenters. The number of carbonyl (C=O) groups excluding carboxylic acids is 1. The fraction of sp³-hybridized carbons (Fsp3) is 0.500. The summed E-state index contributed by atoms with van der Waals surface area (Å²) in [4.78, 5) is 33.6. The van der Waals surface area contributed by atoms with Gasteiger partial charge in [0.25, 0.3) is 5.56 Å². The number of benzene rings is 1. The zero-order valence-electron chi connectivity index (χ0n) is 14.0. The van der Waals surface area contributed by atoms with Crippen molar-refractivity contribution in [1.29, 1.82) is 0 Å². The van der Waals surface area contributed by atoms with E-state index in [1.165, 1.54) is 0 Å². The van der Waals surface area contributed by atoms with E-state index >= 15 is 0 Å². The van der Waals surface area contributed by atoms with Crippen molar-refractivity contribution in [2.24, 2.45) is 5.92 Å². The molecule has 6 heteroatoms. The number of hydrogen-bond acceptors (Lipinski definition) is 5. The second-order valence-electron chi connectivity index (χ2n) is 6.17. The fourth-order valence-electron chi connectivity index (χ4n) is 3.23. The van der Waals surface area contributed by atoms with Gasteiger partial charge >= 0.3 is 5.97 Å². The highest BCUT2D eigenvalue weighted by atomic mass is 16.5. The van der Waals surface area contributed by atoms with E-state index in [-0.39, 0.29) is 17.4 Å². The van der Waals surface area contributed by atoms with Gasteiger partial charge in [-0.2, -0.15) is 0 Å². The van der Waals surface area contributed by atoms with E-state index in [9.17, 15) is 9.59 Å². The Balaban J connectivity index is 1.63. The van der Waals surface area contributed by atoms with Gasteiger partial charge in [-0.15, -0.1) is 0 Å². The minimum absolute atomic E-state index is 0.0395. The molecular formula is C18H23N3O3. The van der Waals surface area contributed by atoms with Gasteiger partial charge in [-0.3, -0.25) is 9.59 Å². The van der Waals surface area contributed by atoms with Crippen LogP contribution in [0.15, 0.2) is 29.1 Å². The summed E-state index contributed by atoms with van der Waals surface area (Å²) in [7, 11) is 0. The standard InChI is InChI=1S/C18H23N3O3/c1-2-24-18(23)13-6-5-10-21(12-13)11-9-16-19-15-8-4-3-7-14(15)17(22)20-16/h3-4,7-8,13H,2,5-6,9-12H2,1H3,(H,19,20,22)/t13-/m1/s1. The van der Waals surface area contributed by atoms with E-state index < -0.39 is 0 Å². The molecule has 0 radical (unpaired) electrons. The molecule has 1 N–H and O–H groups in total. The summed E-state index contributed by atoms with van der Waals surface area (Å²) in [6.07, 6.45) is 2.54. The second kappa shape index (κ2) is 7.57. The predicted molar refractivity (Wildman–Crippen MR) is 91.9 cm³/mol. The number of fused-ring (bicyclic) bond motifs is 1. The van der Waals surface area contributed by atoms with Crippen molar-refractivity contribution in [3.05, 3.63) is 40.4 Å². The van der Waals surface area contributed by atoms with Gasteiger partial charge < -0.3 is 14.6 Å². The largest absolute Gasteiger partial charge is 0.466 e. The van der Waals surface area contributed by atoms with Gasteiger partial charge in [0, 0.05) is 19.5 Å². The van der Waals surface area contributed by atoms with Gasteiger partial charge in [0.2, 0.25) is 0 Å². The molecule has 1 aromatic carbocycles. The van der Waals surface area contributed by atoms with E-state index in [1.54, 1.807) is 6.07 Å². The molecule has 2 aromatic rings. The third kappa shape index (κ3) is 3.82. The monoisotopic (exact) mass is 329 g/mol. The summed E-state index contributed by atoms with van der Waals surface area (Å²) in [6.45, 7) is 4.72. The van der Waals surface area contributed by atoms with Gasteiger partial charge in [-0.1, -0.05) is 12.1 Å². The number of esters is 1. The molecule has 0 aliphatic carbocycles. The highest BCUT2D eigenvalue weighted by molar-refractivity contribution is 5.77. The molecular weight excluding hydrogens is 306 g/mol. The maximum Gasteiger partial charge on any atom is 0.310 e. The molecule has 0 unspecified atom stereocenters. The number of nitrogens with zero attached hydrogens (tertiary/aromatic N) is 2. The molecule has 0 saturated carbocycles. The summed E-state index contributed by atoms with van der Waals surface area (Å²) in [6, 6.07) is 7.35. The molecule has 24 heavy (non-hydrogen) atoms. The van der Waals surface area contributed by atoms with E-state index in [4.69, 9.17) is 4.74 Å². The van der Waals surface area contributed by atoms with Gasteiger partial charge in [-0.25, -0.2) is 4.98 Å². The molecule has 0 spiro atoms. The zero-order chi connectivity index (χ0) is 16.9. The Morgan fingerprint density at radius 1 is 1.42 bits per heavy atom. The van der Waals surface area contributed by atoms with Crippen LogP contribution in [0.5, 0.6) is 0 Å². The number of aromatic nitrogens is 2. The molecule has 1 saturated heterocycles. The number of rotatable bonds is 5. The third-order valence-corrected chi connectivity index (χ3v) is 4.45. The lowest BCUT2D eigenvalue weighted by atomic mass is 9.98. The van der Waals surface area contributed by atoms with Crippen LogP contribution >= 0.6 is 0 Å². The number of aromatic amines is 1. The number of ether oxygens (including phenoxy) is 1. The van der Waals surface area contributed by atoms with E-state index in [0.717, 1.165) is 38.0 Å². The Bertz CT molecular complexity index is 771. The topological polar surface area (TPSA) is 75.3 Å². The number of H-pyrrole nitrogens is 1. The number of likely N-dealkylation sites (tertiary alicyclic amines) is 1. The molecule has 1 aliphatic rings. The van der Waals surface area contributed by atoms with Crippen molar-refractivity contribution in [1.82, 2.24) is 14.9 Å². The molecule has 3 rings (SSSR count). The first kappa shape index (κ1) is 16.6. The first-order chi connectivity index (χ1) is 11.7. The minimum Gasteiger partial charge on any atom is -0.466 e. The lowest BCUT2D eigenvalue weighted by Gasteiger charge is -2.31.